The third-order valence-corrected chi connectivity index (χ3v) is 7.97. The molecule has 0 aliphatic heterocycles. The number of hydrogen-bond donors (Lipinski definition) is 0. The van der Waals surface area contributed by atoms with Crippen molar-refractivity contribution in [3.05, 3.63) is 54.6 Å². The second-order valence-electron chi connectivity index (χ2n) is 8.89. The van der Waals surface area contributed by atoms with Crippen LogP contribution in [0.1, 0.15) is 44.5 Å². The van der Waals surface area contributed by atoms with Gasteiger partial charge >= 0.3 is 0 Å². The van der Waals surface area contributed by atoms with E-state index < -0.39 is 0 Å². The van der Waals surface area contributed by atoms with Crippen molar-refractivity contribution >= 4 is 11.8 Å². The van der Waals surface area contributed by atoms with Gasteiger partial charge in [-0.2, -0.15) is 0 Å². The molecule has 2 saturated carbocycles. The third-order valence-electron chi connectivity index (χ3n) is 7.04. The number of fused-ring (bicyclic) bond motifs is 2. The van der Waals surface area contributed by atoms with Crippen LogP contribution in [0.4, 0.5) is 0 Å². The van der Waals surface area contributed by atoms with Crippen molar-refractivity contribution in [3.63, 3.8) is 0 Å². The van der Waals surface area contributed by atoms with Crippen LogP contribution in [0.3, 0.4) is 0 Å². The van der Waals surface area contributed by atoms with E-state index in [1.54, 1.807) is 18.0 Å². The maximum absolute atomic E-state index is 5.89. The molecule has 0 spiro atoms. The lowest BCUT2D eigenvalue weighted by Crippen LogP contribution is -2.23. The molecule has 0 amide bonds. The molecule has 0 saturated heterocycles. The lowest BCUT2D eigenvalue weighted by atomic mass is 9.84. The molecular formula is C24H25N5O2S. The van der Waals surface area contributed by atoms with Gasteiger partial charge in [0.05, 0.1) is 12.0 Å². The number of hydrogen-bond acceptors (Lipinski definition) is 7. The van der Waals surface area contributed by atoms with Gasteiger partial charge in [0.15, 0.2) is 10.9 Å². The number of benzene rings is 1. The topological polar surface area (TPSA) is 82.8 Å². The normalized spacial score (nSPS) is 23.1. The fourth-order valence-electron chi connectivity index (χ4n) is 5.53. The van der Waals surface area contributed by atoms with Crippen molar-refractivity contribution in [3.8, 4) is 23.0 Å². The highest BCUT2D eigenvalue weighted by molar-refractivity contribution is 7.98. The molecule has 3 heterocycles. The summed E-state index contributed by atoms with van der Waals surface area (Å²) < 4.78 is 13.8. The van der Waals surface area contributed by atoms with Crippen molar-refractivity contribution in [2.75, 3.05) is 0 Å². The molecule has 2 fully saturated rings. The Morgan fingerprint density at radius 3 is 2.69 bits per heavy atom. The fraction of sp³-hybridized carbons (Fsp3) is 0.417. The smallest absolute Gasteiger partial charge is 0.247 e. The summed E-state index contributed by atoms with van der Waals surface area (Å²) in [7, 11) is 0. The molecule has 164 valence electrons. The summed E-state index contributed by atoms with van der Waals surface area (Å²) in [5.74, 6) is 5.56. The molecule has 4 aromatic rings. The van der Waals surface area contributed by atoms with Crippen molar-refractivity contribution in [1.29, 1.82) is 0 Å². The summed E-state index contributed by atoms with van der Waals surface area (Å²) in [6.45, 7) is 2.31. The lowest BCUT2D eigenvalue weighted by Gasteiger charge is -2.30. The van der Waals surface area contributed by atoms with Crippen molar-refractivity contribution in [1.82, 2.24) is 25.0 Å². The van der Waals surface area contributed by atoms with Gasteiger partial charge in [0.25, 0.3) is 0 Å². The molecule has 2 aliphatic rings. The van der Waals surface area contributed by atoms with E-state index in [0.717, 1.165) is 34.1 Å². The lowest BCUT2D eigenvalue weighted by molar-refractivity contribution is 0.235. The summed E-state index contributed by atoms with van der Waals surface area (Å²) >= 11 is 1.59. The van der Waals surface area contributed by atoms with E-state index in [1.165, 1.54) is 25.7 Å². The van der Waals surface area contributed by atoms with Crippen LogP contribution in [0.2, 0.25) is 0 Å². The van der Waals surface area contributed by atoms with Gasteiger partial charge in [-0.05, 0) is 68.2 Å². The number of aromatic nitrogens is 5. The van der Waals surface area contributed by atoms with Crippen LogP contribution in [-0.4, -0.2) is 25.0 Å². The van der Waals surface area contributed by atoms with Crippen LogP contribution in [0, 0.1) is 17.8 Å². The average Bonchev–Trinajstić information content (AvgIpc) is 3.66. The molecule has 2 aliphatic carbocycles. The highest BCUT2D eigenvalue weighted by atomic mass is 32.2. The number of rotatable bonds is 7. The largest absolute Gasteiger partial charge is 0.461 e. The predicted octanol–water partition coefficient (Wildman–Crippen LogP) is 5.88. The number of thioether (sulfide) groups is 1. The Labute approximate surface area is 190 Å². The first-order valence-corrected chi connectivity index (χ1v) is 12.2. The minimum Gasteiger partial charge on any atom is -0.461 e. The van der Waals surface area contributed by atoms with E-state index in [0.29, 0.717) is 29.5 Å². The minimum absolute atomic E-state index is 0.311. The summed E-state index contributed by atoms with van der Waals surface area (Å²) in [5.41, 5.74) is 0.921. The SMILES string of the molecule is C[C@@H]([C@@H]1C[C@H]2CC[C@H]1C2)n1c(SCc2nnc(-c3ccccc3)o2)nnc1-c1ccco1. The molecule has 8 heteroatoms. The zero-order valence-corrected chi connectivity index (χ0v) is 18.7. The van der Waals surface area contributed by atoms with Gasteiger partial charge in [-0.3, -0.25) is 4.57 Å². The summed E-state index contributed by atoms with van der Waals surface area (Å²) in [4.78, 5) is 0. The van der Waals surface area contributed by atoms with Gasteiger partial charge in [-0.1, -0.05) is 36.4 Å². The van der Waals surface area contributed by atoms with Crippen molar-refractivity contribution in [2.24, 2.45) is 17.8 Å². The molecule has 0 unspecified atom stereocenters. The van der Waals surface area contributed by atoms with E-state index in [9.17, 15) is 0 Å². The molecule has 1 aromatic carbocycles. The van der Waals surface area contributed by atoms with Gasteiger partial charge in [-0.15, -0.1) is 20.4 Å². The second kappa shape index (κ2) is 8.24. The molecule has 2 bridgehead atoms. The van der Waals surface area contributed by atoms with E-state index >= 15 is 0 Å². The zero-order valence-electron chi connectivity index (χ0n) is 17.9. The molecule has 0 N–H and O–H groups in total. The number of nitrogens with zero attached hydrogens (tertiary/aromatic N) is 5. The third kappa shape index (κ3) is 3.56. The minimum atomic E-state index is 0.311. The van der Waals surface area contributed by atoms with Gasteiger partial charge in [0.2, 0.25) is 17.6 Å². The first kappa shape index (κ1) is 19.8. The average molecular weight is 448 g/mol. The second-order valence-corrected chi connectivity index (χ2v) is 9.83. The maximum atomic E-state index is 5.89. The Kier molecular flexibility index (Phi) is 5.09. The van der Waals surface area contributed by atoms with E-state index in [2.05, 4.69) is 31.9 Å². The van der Waals surface area contributed by atoms with Gasteiger partial charge in [0.1, 0.15) is 0 Å². The Morgan fingerprint density at radius 2 is 1.94 bits per heavy atom. The Balaban J connectivity index is 1.26. The summed E-state index contributed by atoms with van der Waals surface area (Å²) in [5, 5.41) is 18.3. The molecule has 0 radical (unpaired) electrons. The number of furan rings is 1. The Hall–Kier alpha value is -2.87. The van der Waals surface area contributed by atoms with Crippen molar-refractivity contribution < 1.29 is 8.83 Å². The predicted molar refractivity (Wildman–Crippen MR) is 121 cm³/mol. The van der Waals surface area contributed by atoms with Crippen LogP contribution < -0.4 is 0 Å². The molecule has 6 rings (SSSR count). The highest BCUT2D eigenvalue weighted by Gasteiger charge is 2.43. The van der Waals surface area contributed by atoms with E-state index in [1.807, 2.05) is 42.5 Å². The first-order valence-electron chi connectivity index (χ1n) is 11.3. The van der Waals surface area contributed by atoms with Crippen LogP contribution >= 0.6 is 11.8 Å². The molecule has 3 aromatic heterocycles. The van der Waals surface area contributed by atoms with Gasteiger partial charge < -0.3 is 8.83 Å². The summed E-state index contributed by atoms with van der Waals surface area (Å²) in [6.07, 6.45) is 7.11. The standard InChI is InChI=1S/C24H25N5O2S/c1-15(19-13-16-9-10-18(19)12-16)29-22(20-8-5-11-30-20)26-28-24(29)32-14-21-25-27-23(31-21)17-6-3-2-4-7-17/h2-8,11,15-16,18-19H,9-10,12-14H2,1H3/t15-,16-,18-,19-/m0/s1. The zero-order chi connectivity index (χ0) is 21.5. The van der Waals surface area contributed by atoms with Crippen molar-refractivity contribution in [2.45, 2.75) is 49.6 Å². The fourth-order valence-corrected chi connectivity index (χ4v) is 6.39. The van der Waals surface area contributed by atoms with Crippen LogP contribution in [0.15, 0.2) is 62.7 Å². The van der Waals surface area contributed by atoms with Gasteiger partial charge in [-0.25, -0.2) is 0 Å². The molecule has 4 atom stereocenters. The molecule has 7 nitrogen and oxygen atoms in total. The van der Waals surface area contributed by atoms with E-state index in [4.69, 9.17) is 8.83 Å². The maximum Gasteiger partial charge on any atom is 0.247 e. The quantitative estimate of drug-likeness (QED) is 0.327. The van der Waals surface area contributed by atoms with Crippen LogP contribution in [0.25, 0.3) is 23.0 Å². The Bertz CT molecular complexity index is 1190. The Morgan fingerprint density at radius 1 is 1.03 bits per heavy atom. The molecular weight excluding hydrogens is 422 g/mol. The molecule has 32 heavy (non-hydrogen) atoms. The van der Waals surface area contributed by atoms with Crippen LogP contribution in [0.5, 0.6) is 0 Å². The van der Waals surface area contributed by atoms with E-state index in [-0.39, 0.29) is 0 Å². The monoisotopic (exact) mass is 447 g/mol. The highest BCUT2D eigenvalue weighted by Crippen LogP contribution is 2.53. The summed E-state index contributed by atoms with van der Waals surface area (Å²) in [6, 6.07) is 14.0. The first-order chi connectivity index (χ1) is 15.8. The van der Waals surface area contributed by atoms with Gasteiger partial charge in [0, 0.05) is 11.6 Å². The van der Waals surface area contributed by atoms with Crippen LogP contribution in [-0.2, 0) is 5.75 Å².